The van der Waals surface area contributed by atoms with Gasteiger partial charge in [-0.05, 0) is 26.7 Å². The van der Waals surface area contributed by atoms with Crippen LogP contribution in [0.2, 0.25) is 0 Å². The van der Waals surface area contributed by atoms with Crippen LogP contribution in [0.15, 0.2) is 35.3 Å². The van der Waals surface area contributed by atoms with Crippen molar-refractivity contribution < 1.29 is 26.3 Å². The lowest BCUT2D eigenvalue weighted by atomic mass is 10.0. The summed E-state index contributed by atoms with van der Waals surface area (Å²) in [6.45, 7) is 3.62. The second-order valence-electron chi connectivity index (χ2n) is 8.39. The summed E-state index contributed by atoms with van der Waals surface area (Å²) >= 11 is 0. The molecule has 1 atom stereocenters. The number of aryl methyl sites for hydroxylation is 1. The number of anilines is 1. The highest BCUT2D eigenvalue weighted by Crippen LogP contribution is 2.54. The topological polar surface area (TPSA) is 59.8 Å². The summed E-state index contributed by atoms with van der Waals surface area (Å²) in [4.78, 5) is 20.8. The Balaban J connectivity index is 1.81. The third-order valence-corrected chi connectivity index (χ3v) is 5.88. The summed E-state index contributed by atoms with van der Waals surface area (Å²) in [5.74, 6) is -4.21. The minimum atomic E-state index is -4.62. The average molecular weight is 470 g/mol. The van der Waals surface area contributed by atoms with Crippen molar-refractivity contribution in [3.8, 4) is 0 Å². The first kappa shape index (κ1) is 23.1. The van der Waals surface area contributed by atoms with Gasteiger partial charge in [0.15, 0.2) is 0 Å². The molecule has 1 saturated carbocycles. The Morgan fingerprint density at radius 2 is 1.82 bits per heavy atom. The molecule has 1 aliphatic carbocycles. The molecular formula is C22H20F6N4O. The minimum absolute atomic E-state index is 0.0600. The molecule has 2 aromatic heterocycles. The molecule has 0 radical (unpaired) electrons. The number of rotatable bonds is 5. The maximum atomic E-state index is 14.8. The molecule has 4 rings (SSSR count). The van der Waals surface area contributed by atoms with E-state index in [2.05, 4.69) is 15.3 Å². The summed E-state index contributed by atoms with van der Waals surface area (Å²) in [5, 5.41) is 3.01. The molecule has 11 heteroatoms. The van der Waals surface area contributed by atoms with E-state index in [-0.39, 0.29) is 41.0 Å². The zero-order valence-corrected chi connectivity index (χ0v) is 17.9. The van der Waals surface area contributed by atoms with Crippen LogP contribution in [0, 0.1) is 12.7 Å². The quantitative estimate of drug-likeness (QED) is 0.495. The predicted octanol–water partition coefficient (Wildman–Crippen LogP) is 5.58. The molecule has 0 amide bonds. The van der Waals surface area contributed by atoms with Gasteiger partial charge in [0.2, 0.25) is 0 Å². The molecule has 3 aromatic rings. The number of aromatic nitrogens is 3. The zero-order valence-electron chi connectivity index (χ0n) is 17.9. The fourth-order valence-corrected chi connectivity index (χ4v) is 3.95. The smallest absolute Gasteiger partial charge is 0.363 e. The molecule has 0 bridgehead atoms. The first-order valence-electron chi connectivity index (χ1n) is 10.2. The van der Waals surface area contributed by atoms with Gasteiger partial charge in [-0.25, -0.2) is 23.1 Å². The van der Waals surface area contributed by atoms with E-state index in [1.807, 2.05) is 0 Å². The van der Waals surface area contributed by atoms with Gasteiger partial charge in [0, 0.05) is 24.8 Å². The van der Waals surface area contributed by atoms with Crippen LogP contribution >= 0.6 is 0 Å². The fraction of sp³-hybridized carbons (Fsp3) is 0.409. The highest BCUT2D eigenvalue weighted by atomic mass is 19.4. The maximum Gasteiger partial charge on any atom is 0.412 e. The van der Waals surface area contributed by atoms with E-state index >= 15 is 0 Å². The van der Waals surface area contributed by atoms with Gasteiger partial charge in [-0.2, -0.15) is 13.2 Å². The van der Waals surface area contributed by atoms with Gasteiger partial charge in [0.1, 0.15) is 23.0 Å². The maximum absolute atomic E-state index is 14.8. The van der Waals surface area contributed by atoms with E-state index in [9.17, 15) is 31.1 Å². The van der Waals surface area contributed by atoms with Crippen molar-refractivity contribution in [3.05, 3.63) is 63.6 Å². The Labute approximate surface area is 184 Å². The number of fused-ring (bicyclic) bond motifs is 1. The molecule has 2 heterocycles. The molecule has 1 fully saturated rings. The monoisotopic (exact) mass is 470 g/mol. The summed E-state index contributed by atoms with van der Waals surface area (Å²) in [6.07, 6.45) is -4.01. The van der Waals surface area contributed by atoms with E-state index in [1.165, 1.54) is 26.0 Å². The summed E-state index contributed by atoms with van der Waals surface area (Å²) in [5.41, 5.74) is -3.85. The summed E-state index contributed by atoms with van der Waals surface area (Å²) in [6, 6.07) is 3.75. The third kappa shape index (κ3) is 3.93. The molecular weight excluding hydrogens is 450 g/mol. The van der Waals surface area contributed by atoms with Gasteiger partial charge in [0.05, 0.1) is 22.5 Å². The van der Waals surface area contributed by atoms with Gasteiger partial charge in [0.25, 0.3) is 11.5 Å². The van der Waals surface area contributed by atoms with E-state index in [0.717, 1.165) is 18.3 Å². The van der Waals surface area contributed by atoms with Gasteiger partial charge in [-0.1, -0.05) is 18.2 Å². The average Bonchev–Trinajstić information content (AvgIpc) is 3.48. The number of halogens is 6. The largest absolute Gasteiger partial charge is 0.412 e. The van der Waals surface area contributed by atoms with Crippen LogP contribution in [0.25, 0.3) is 10.9 Å². The standard InChI is InChI=1S/C22H20F6N4O/c1-11(13-5-4-6-15(18(13)23)20(3,24)25)29-19-14-10-32(21(7-8-21)22(26,27)28)17(33)9-16(14)30-12(2)31-19/h4-6,9-11H,7-8H2,1-3H3,(H,29,30,31)/t11-/m1/s1. The van der Waals surface area contributed by atoms with Crippen molar-refractivity contribution >= 4 is 16.7 Å². The number of nitrogens with one attached hydrogen (secondary N) is 1. The van der Waals surface area contributed by atoms with Crippen LogP contribution in [0.4, 0.5) is 32.2 Å². The molecule has 0 spiro atoms. The lowest BCUT2D eigenvalue weighted by Crippen LogP contribution is -2.41. The predicted molar refractivity (Wildman–Crippen MR) is 110 cm³/mol. The zero-order chi connectivity index (χ0) is 24.3. The van der Waals surface area contributed by atoms with Gasteiger partial charge < -0.3 is 5.32 Å². The van der Waals surface area contributed by atoms with Crippen molar-refractivity contribution in [2.75, 3.05) is 5.32 Å². The molecule has 0 unspecified atom stereocenters. The van der Waals surface area contributed by atoms with Gasteiger partial charge in [-0.15, -0.1) is 0 Å². The second kappa shape index (κ2) is 7.46. The van der Waals surface area contributed by atoms with Crippen molar-refractivity contribution in [1.29, 1.82) is 0 Å². The molecule has 0 aliphatic heterocycles. The first-order valence-corrected chi connectivity index (χ1v) is 10.2. The molecule has 1 N–H and O–H groups in total. The highest BCUT2D eigenvalue weighted by Gasteiger charge is 2.65. The number of alkyl halides is 5. The minimum Gasteiger partial charge on any atom is -0.363 e. The first-order chi connectivity index (χ1) is 15.2. The van der Waals surface area contributed by atoms with Crippen molar-refractivity contribution in [1.82, 2.24) is 14.5 Å². The Morgan fingerprint density at radius 1 is 1.15 bits per heavy atom. The van der Waals surface area contributed by atoms with E-state index in [4.69, 9.17) is 0 Å². The fourth-order valence-electron chi connectivity index (χ4n) is 3.95. The molecule has 176 valence electrons. The van der Waals surface area contributed by atoms with Crippen LogP contribution in [0.5, 0.6) is 0 Å². The lowest BCUT2D eigenvalue weighted by Gasteiger charge is -2.23. The Bertz CT molecular complexity index is 1290. The highest BCUT2D eigenvalue weighted by molar-refractivity contribution is 5.88. The van der Waals surface area contributed by atoms with Crippen LogP contribution in [0.1, 0.15) is 49.7 Å². The Morgan fingerprint density at radius 3 is 2.39 bits per heavy atom. The molecule has 0 saturated heterocycles. The number of hydrogen-bond acceptors (Lipinski definition) is 4. The molecule has 5 nitrogen and oxygen atoms in total. The van der Waals surface area contributed by atoms with E-state index in [1.54, 1.807) is 0 Å². The van der Waals surface area contributed by atoms with Crippen molar-refractivity contribution in [2.45, 2.75) is 57.3 Å². The summed E-state index contributed by atoms with van der Waals surface area (Å²) in [7, 11) is 0. The number of nitrogens with zero attached hydrogens (tertiary/aromatic N) is 3. The molecule has 1 aromatic carbocycles. The molecule has 1 aliphatic rings. The third-order valence-electron chi connectivity index (χ3n) is 5.88. The van der Waals surface area contributed by atoms with Crippen LogP contribution in [-0.2, 0) is 11.5 Å². The Hall–Kier alpha value is -3.11. The normalized spacial score (nSPS) is 16.6. The SMILES string of the molecule is Cc1nc(N[C@H](C)c2cccc(C(C)(F)F)c2F)c2cn(C3(C(F)(F)F)CC3)c(=O)cc2n1. The van der Waals surface area contributed by atoms with Gasteiger partial charge in [-0.3, -0.25) is 9.36 Å². The number of hydrogen-bond donors (Lipinski definition) is 1. The van der Waals surface area contributed by atoms with Crippen molar-refractivity contribution in [3.63, 3.8) is 0 Å². The van der Waals surface area contributed by atoms with Crippen LogP contribution in [0.3, 0.4) is 0 Å². The van der Waals surface area contributed by atoms with E-state index < -0.39 is 40.6 Å². The van der Waals surface area contributed by atoms with Crippen LogP contribution in [-0.4, -0.2) is 20.7 Å². The van der Waals surface area contributed by atoms with Gasteiger partial charge >= 0.3 is 6.18 Å². The van der Waals surface area contributed by atoms with E-state index in [0.29, 0.717) is 11.5 Å². The number of pyridine rings is 1. The lowest BCUT2D eigenvalue weighted by molar-refractivity contribution is -0.180. The molecule has 33 heavy (non-hydrogen) atoms. The van der Waals surface area contributed by atoms with Crippen molar-refractivity contribution in [2.24, 2.45) is 0 Å². The number of benzene rings is 1. The summed E-state index contributed by atoms with van der Waals surface area (Å²) < 4.78 is 83.8. The van der Waals surface area contributed by atoms with Crippen LogP contribution < -0.4 is 10.9 Å². The Kier molecular flexibility index (Phi) is 5.21. The second-order valence-corrected chi connectivity index (χ2v) is 8.39.